The van der Waals surface area contributed by atoms with Crippen LogP contribution < -0.4 is 0 Å². The van der Waals surface area contributed by atoms with Crippen molar-refractivity contribution in [3.63, 3.8) is 0 Å². The van der Waals surface area contributed by atoms with Crippen molar-refractivity contribution in [2.45, 2.75) is 0 Å². The monoisotopic (exact) mass is 216 g/mol. The lowest BCUT2D eigenvalue weighted by Gasteiger charge is -2.00. The molecule has 0 amide bonds. The van der Waals surface area contributed by atoms with E-state index < -0.39 is 0 Å². The largest absolute Gasteiger partial charge is 0.303 e. The first-order valence-electron chi connectivity index (χ1n) is 3.91. The fourth-order valence-electron chi connectivity index (χ4n) is 0.735. The minimum atomic E-state index is -0.0365. The average molecular weight is 216 g/mol. The van der Waals surface area contributed by atoms with Crippen molar-refractivity contribution >= 4 is 35.5 Å². The number of hydrogen-bond donors (Lipinski definition) is 0. The van der Waals surface area contributed by atoms with Gasteiger partial charge in [-0.3, -0.25) is 4.79 Å². The van der Waals surface area contributed by atoms with E-state index in [0.717, 1.165) is 15.7 Å². The quantitative estimate of drug-likeness (QED) is 0.406. The number of ketones is 1. The van der Waals surface area contributed by atoms with Crippen molar-refractivity contribution in [1.82, 2.24) is 5.01 Å². The number of carbonyl (C=O) groups excluding carboxylic acids is 1. The molecule has 0 aliphatic carbocycles. The maximum absolute atomic E-state index is 11.2. The average Bonchev–Trinajstić information content (AvgIpc) is 2.53. The van der Waals surface area contributed by atoms with Crippen LogP contribution in [0.25, 0.3) is 0 Å². The maximum Gasteiger partial charge on any atom is 0.200 e. The second kappa shape index (κ2) is 5.34. The number of allylic oxidation sites excluding steroid dienone is 1. The molecule has 0 N–H and O–H groups in total. The van der Waals surface area contributed by atoms with Gasteiger partial charge in [0.2, 0.25) is 0 Å². The lowest BCUT2D eigenvalue weighted by molar-refractivity contribution is -0.108. The molecule has 1 aliphatic heterocycles. The number of nitrogens with zero attached hydrogens (tertiary/aromatic N) is 2. The molecule has 0 aromatic rings. The Labute approximate surface area is 86.6 Å². The Kier molecular flexibility index (Phi) is 4.38. The van der Waals surface area contributed by atoms with Crippen molar-refractivity contribution < 1.29 is 4.79 Å². The summed E-state index contributed by atoms with van der Waals surface area (Å²) in [5.74, 6) is 2.18. The topological polar surface area (TPSA) is 32.7 Å². The summed E-state index contributed by atoms with van der Waals surface area (Å²) in [6.45, 7) is 0. The molecule has 1 fully saturated rings. The van der Waals surface area contributed by atoms with E-state index in [2.05, 4.69) is 5.10 Å². The van der Waals surface area contributed by atoms with E-state index in [-0.39, 0.29) is 5.78 Å². The molecule has 0 aromatic carbocycles. The van der Waals surface area contributed by atoms with Crippen LogP contribution in [0.3, 0.4) is 0 Å². The van der Waals surface area contributed by atoms with Gasteiger partial charge in [-0.25, -0.2) is 0 Å². The summed E-state index contributed by atoms with van der Waals surface area (Å²) in [6.07, 6.45) is 2.99. The molecule has 0 bridgehead atoms. The molecule has 5 heteroatoms. The molecule has 0 saturated carbocycles. The summed E-state index contributed by atoms with van der Waals surface area (Å²) in [6, 6.07) is 0. The third-order valence-electron chi connectivity index (χ3n) is 1.25. The predicted molar refractivity (Wildman–Crippen MR) is 60.2 cm³/mol. The molecule has 0 atom stereocenters. The van der Waals surface area contributed by atoms with Crippen molar-refractivity contribution in [3.8, 4) is 0 Å². The third-order valence-corrected chi connectivity index (χ3v) is 3.83. The Morgan fingerprint density at radius 3 is 2.62 bits per heavy atom. The van der Waals surface area contributed by atoms with E-state index in [1.807, 2.05) is 0 Å². The van der Waals surface area contributed by atoms with Crippen LogP contribution in [0.1, 0.15) is 0 Å². The number of hydrogen-bond acceptors (Lipinski definition) is 5. The van der Waals surface area contributed by atoms with Gasteiger partial charge < -0.3 is 5.01 Å². The number of rotatable bonds is 3. The van der Waals surface area contributed by atoms with Crippen LogP contribution in [0.5, 0.6) is 0 Å². The highest BCUT2D eigenvalue weighted by atomic mass is 32.2. The summed E-state index contributed by atoms with van der Waals surface area (Å²) in [5, 5.41) is 5.46. The van der Waals surface area contributed by atoms with E-state index in [4.69, 9.17) is 0 Å². The fourth-order valence-corrected chi connectivity index (χ4v) is 3.04. The van der Waals surface area contributed by atoms with Crippen molar-refractivity contribution in [2.75, 3.05) is 25.6 Å². The molecule has 0 radical (unpaired) electrons. The molecule has 0 aromatic heterocycles. The molecule has 13 heavy (non-hydrogen) atoms. The normalized spacial score (nSPS) is 16.6. The Balaban J connectivity index is 2.44. The van der Waals surface area contributed by atoms with Crippen LogP contribution in [0.2, 0.25) is 0 Å². The Morgan fingerprint density at radius 2 is 2.08 bits per heavy atom. The van der Waals surface area contributed by atoms with E-state index in [9.17, 15) is 4.79 Å². The lowest BCUT2D eigenvalue weighted by atomic mass is 10.4. The Hall–Kier alpha value is -0.420. The van der Waals surface area contributed by atoms with Gasteiger partial charge in [-0.05, 0) is 0 Å². The Bertz CT molecular complexity index is 241. The molecule has 3 nitrogen and oxygen atoms in total. The van der Waals surface area contributed by atoms with E-state index in [1.54, 1.807) is 48.7 Å². The molecular weight excluding hydrogens is 204 g/mol. The van der Waals surface area contributed by atoms with Crippen LogP contribution in [-0.2, 0) is 4.79 Å². The van der Waals surface area contributed by atoms with Gasteiger partial charge in [0, 0.05) is 35.9 Å². The highest BCUT2D eigenvalue weighted by molar-refractivity contribution is 8.25. The SMILES string of the molecule is CN(C)/N=C/C(=O)C=C1SCCS1. The van der Waals surface area contributed by atoms with Crippen molar-refractivity contribution in [3.05, 3.63) is 10.3 Å². The van der Waals surface area contributed by atoms with Gasteiger partial charge in [0.05, 0.1) is 6.21 Å². The van der Waals surface area contributed by atoms with Gasteiger partial charge in [-0.15, -0.1) is 23.5 Å². The molecule has 1 heterocycles. The zero-order valence-corrected chi connectivity index (χ0v) is 9.32. The van der Waals surface area contributed by atoms with Gasteiger partial charge in [0.15, 0.2) is 5.78 Å². The van der Waals surface area contributed by atoms with E-state index >= 15 is 0 Å². The van der Waals surface area contributed by atoms with Crippen molar-refractivity contribution in [1.29, 1.82) is 0 Å². The smallest absolute Gasteiger partial charge is 0.200 e. The van der Waals surface area contributed by atoms with E-state index in [1.165, 1.54) is 6.21 Å². The summed E-state index contributed by atoms with van der Waals surface area (Å²) >= 11 is 3.47. The standard InChI is InChI=1S/C8H12N2OS2/c1-10(2)9-6-7(11)5-8-12-3-4-13-8/h5-6H,3-4H2,1-2H3/b9-6+. The highest BCUT2D eigenvalue weighted by Gasteiger charge is 2.08. The van der Waals surface area contributed by atoms with Gasteiger partial charge in [-0.1, -0.05) is 0 Å². The molecule has 0 spiro atoms. The minimum Gasteiger partial charge on any atom is -0.303 e. The van der Waals surface area contributed by atoms with Crippen LogP contribution in [-0.4, -0.2) is 42.6 Å². The Morgan fingerprint density at radius 1 is 1.46 bits per heavy atom. The number of hydrazone groups is 1. The van der Waals surface area contributed by atoms with Crippen molar-refractivity contribution in [2.24, 2.45) is 5.10 Å². The number of thioether (sulfide) groups is 2. The van der Waals surface area contributed by atoms with Gasteiger partial charge in [0.25, 0.3) is 0 Å². The van der Waals surface area contributed by atoms with Crippen LogP contribution in [0.4, 0.5) is 0 Å². The van der Waals surface area contributed by atoms with Gasteiger partial charge >= 0.3 is 0 Å². The summed E-state index contributed by atoms with van der Waals surface area (Å²) < 4.78 is 1.11. The predicted octanol–water partition coefficient (Wildman–Crippen LogP) is 1.42. The second-order valence-corrected chi connectivity index (χ2v) is 5.19. The zero-order valence-electron chi connectivity index (χ0n) is 7.69. The van der Waals surface area contributed by atoms with Crippen LogP contribution >= 0.6 is 23.5 Å². The summed E-state index contributed by atoms with van der Waals surface area (Å²) in [5.41, 5.74) is 0. The first kappa shape index (κ1) is 10.7. The first-order chi connectivity index (χ1) is 6.18. The van der Waals surface area contributed by atoms with Crippen LogP contribution in [0, 0.1) is 0 Å². The fraction of sp³-hybridized carbons (Fsp3) is 0.500. The van der Waals surface area contributed by atoms with Gasteiger partial charge in [-0.2, -0.15) is 5.10 Å². The minimum absolute atomic E-state index is 0.0365. The molecule has 1 saturated heterocycles. The molecule has 1 aliphatic rings. The molecule has 72 valence electrons. The van der Waals surface area contributed by atoms with Crippen LogP contribution in [0.15, 0.2) is 15.4 Å². The lowest BCUT2D eigenvalue weighted by Crippen LogP contribution is -2.05. The summed E-state index contributed by atoms with van der Waals surface area (Å²) in [7, 11) is 3.58. The third kappa shape index (κ3) is 4.38. The maximum atomic E-state index is 11.2. The number of carbonyl (C=O) groups is 1. The molecule has 1 rings (SSSR count). The summed E-state index contributed by atoms with van der Waals surface area (Å²) in [4.78, 5) is 11.2. The van der Waals surface area contributed by atoms with E-state index in [0.29, 0.717) is 0 Å². The molecule has 0 unspecified atom stereocenters. The first-order valence-corrected chi connectivity index (χ1v) is 5.88. The highest BCUT2D eigenvalue weighted by Crippen LogP contribution is 2.35. The second-order valence-electron chi connectivity index (χ2n) is 2.65. The zero-order chi connectivity index (χ0) is 9.68. The molecular formula is C8H12N2OS2. The van der Waals surface area contributed by atoms with Gasteiger partial charge in [0.1, 0.15) is 0 Å².